The van der Waals surface area contributed by atoms with Crippen LogP contribution in [0.1, 0.15) is 56.6 Å². The largest absolute Gasteiger partial charge is 0.416 e. The summed E-state index contributed by atoms with van der Waals surface area (Å²) in [5.74, 6) is 0. The summed E-state index contributed by atoms with van der Waals surface area (Å²) in [4.78, 5) is 0. The minimum absolute atomic E-state index is 0.266. The maximum atomic E-state index is 12.8. The number of hydrogen-bond donors (Lipinski definition) is 1. The van der Waals surface area contributed by atoms with Crippen LogP contribution in [0.15, 0.2) is 18.2 Å². The van der Waals surface area contributed by atoms with E-state index in [0.717, 1.165) is 19.4 Å². The molecule has 0 fully saturated rings. The lowest BCUT2D eigenvalue weighted by molar-refractivity contribution is -0.138. The predicted molar refractivity (Wildman–Crippen MR) is 78.0 cm³/mol. The van der Waals surface area contributed by atoms with Gasteiger partial charge in [0.15, 0.2) is 0 Å². The Hall–Kier alpha value is -1.19. The molecule has 0 aromatic heterocycles. The van der Waals surface area contributed by atoms with E-state index in [-0.39, 0.29) is 5.56 Å². The summed E-state index contributed by atoms with van der Waals surface area (Å²) in [7, 11) is 0. The Morgan fingerprint density at radius 1 is 1.00 bits per heavy atom. The van der Waals surface area contributed by atoms with Crippen molar-refractivity contribution in [3.63, 3.8) is 0 Å². The van der Waals surface area contributed by atoms with Gasteiger partial charge in [-0.05, 0) is 31.0 Å². The average Bonchev–Trinajstić information content (AvgIpc) is 2.38. The SMILES string of the molecule is CCCCCCCCNc1ccc(C)c(C(F)(F)F)c1. The van der Waals surface area contributed by atoms with Crippen LogP contribution in [0, 0.1) is 6.92 Å². The molecule has 0 bridgehead atoms. The normalized spacial score (nSPS) is 11.7. The highest BCUT2D eigenvalue weighted by Gasteiger charge is 2.32. The molecule has 0 aliphatic rings. The van der Waals surface area contributed by atoms with Crippen molar-refractivity contribution in [2.75, 3.05) is 11.9 Å². The number of anilines is 1. The Balaban J connectivity index is 2.38. The van der Waals surface area contributed by atoms with E-state index in [0.29, 0.717) is 5.69 Å². The highest BCUT2D eigenvalue weighted by molar-refractivity contribution is 5.49. The molecule has 1 aromatic rings. The van der Waals surface area contributed by atoms with E-state index in [1.165, 1.54) is 44.7 Å². The molecule has 0 saturated heterocycles. The van der Waals surface area contributed by atoms with Crippen LogP contribution in [0.5, 0.6) is 0 Å². The molecule has 0 spiro atoms. The first-order valence-corrected chi connectivity index (χ1v) is 7.37. The molecule has 0 atom stereocenters. The van der Waals surface area contributed by atoms with Crippen molar-refractivity contribution >= 4 is 5.69 Å². The Morgan fingerprint density at radius 3 is 2.30 bits per heavy atom. The maximum Gasteiger partial charge on any atom is 0.416 e. The minimum Gasteiger partial charge on any atom is -0.385 e. The van der Waals surface area contributed by atoms with Gasteiger partial charge in [0.1, 0.15) is 0 Å². The van der Waals surface area contributed by atoms with Crippen LogP contribution in [0.4, 0.5) is 18.9 Å². The molecule has 0 unspecified atom stereocenters. The van der Waals surface area contributed by atoms with E-state index in [4.69, 9.17) is 0 Å². The van der Waals surface area contributed by atoms with Crippen molar-refractivity contribution in [3.05, 3.63) is 29.3 Å². The topological polar surface area (TPSA) is 12.0 Å². The summed E-state index contributed by atoms with van der Waals surface area (Å²) in [5.41, 5.74) is 0.268. The summed E-state index contributed by atoms with van der Waals surface area (Å²) in [6.45, 7) is 4.39. The molecule has 1 rings (SSSR count). The molecule has 0 amide bonds. The van der Waals surface area contributed by atoms with Crippen LogP contribution in [0.2, 0.25) is 0 Å². The van der Waals surface area contributed by atoms with Crippen LogP contribution in [0.3, 0.4) is 0 Å². The number of hydrogen-bond acceptors (Lipinski definition) is 1. The zero-order valence-electron chi connectivity index (χ0n) is 12.3. The third-order valence-electron chi connectivity index (χ3n) is 3.40. The summed E-state index contributed by atoms with van der Waals surface area (Å²) >= 11 is 0. The zero-order chi connectivity index (χ0) is 15.0. The summed E-state index contributed by atoms with van der Waals surface area (Å²) in [5, 5.41) is 3.08. The lowest BCUT2D eigenvalue weighted by Gasteiger charge is -2.13. The van der Waals surface area contributed by atoms with Gasteiger partial charge in [-0.3, -0.25) is 0 Å². The molecule has 0 aliphatic carbocycles. The van der Waals surface area contributed by atoms with E-state index in [2.05, 4.69) is 12.2 Å². The number of alkyl halides is 3. The number of aryl methyl sites for hydroxylation is 1. The first kappa shape index (κ1) is 16.9. The second kappa shape index (κ2) is 8.18. The number of benzene rings is 1. The lowest BCUT2D eigenvalue weighted by atomic mass is 10.1. The van der Waals surface area contributed by atoms with Crippen molar-refractivity contribution in [2.45, 2.75) is 58.5 Å². The van der Waals surface area contributed by atoms with Crippen LogP contribution >= 0.6 is 0 Å². The van der Waals surface area contributed by atoms with Gasteiger partial charge in [0.25, 0.3) is 0 Å². The van der Waals surface area contributed by atoms with Gasteiger partial charge < -0.3 is 5.32 Å². The molecule has 20 heavy (non-hydrogen) atoms. The Labute approximate surface area is 119 Å². The summed E-state index contributed by atoms with van der Waals surface area (Å²) in [6.07, 6.45) is 2.80. The molecule has 114 valence electrons. The first-order valence-electron chi connectivity index (χ1n) is 7.37. The monoisotopic (exact) mass is 287 g/mol. The highest BCUT2D eigenvalue weighted by Crippen LogP contribution is 2.33. The second-order valence-corrected chi connectivity index (χ2v) is 5.22. The number of unbranched alkanes of at least 4 members (excludes halogenated alkanes) is 5. The van der Waals surface area contributed by atoms with Gasteiger partial charge in [-0.25, -0.2) is 0 Å². The van der Waals surface area contributed by atoms with Gasteiger partial charge in [0.05, 0.1) is 5.56 Å². The maximum absolute atomic E-state index is 12.8. The fraction of sp³-hybridized carbons (Fsp3) is 0.625. The van der Waals surface area contributed by atoms with Crippen molar-refractivity contribution in [1.29, 1.82) is 0 Å². The average molecular weight is 287 g/mol. The van der Waals surface area contributed by atoms with Gasteiger partial charge in [-0.2, -0.15) is 13.2 Å². The van der Waals surface area contributed by atoms with E-state index in [9.17, 15) is 13.2 Å². The predicted octanol–water partition coefficient (Wildman–Crippen LogP) is 5.79. The molecule has 0 saturated carbocycles. The third kappa shape index (κ3) is 5.85. The quantitative estimate of drug-likeness (QED) is 0.597. The molecule has 0 aliphatic heterocycles. The fourth-order valence-corrected chi connectivity index (χ4v) is 2.18. The number of rotatable bonds is 8. The van der Waals surface area contributed by atoms with Crippen molar-refractivity contribution in [3.8, 4) is 0 Å². The molecule has 0 radical (unpaired) electrons. The van der Waals surface area contributed by atoms with E-state index < -0.39 is 11.7 Å². The number of halogens is 3. The fourth-order valence-electron chi connectivity index (χ4n) is 2.18. The van der Waals surface area contributed by atoms with Crippen LogP contribution in [-0.4, -0.2) is 6.54 Å². The smallest absolute Gasteiger partial charge is 0.385 e. The molecule has 4 heteroatoms. The van der Waals surface area contributed by atoms with Gasteiger partial charge in [0.2, 0.25) is 0 Å². The minimum atomic E-state index is -4.28. The van der Waals surface area contributed by atoms with Gasteiger partial charge >= 0.3 is 6.18 Å². The molecule has 1 N–H and O–H groups in total. The Morgan fingerprint density at radius 2 is 1.65 bits per heavy atom. The van der Waals surface area contributed by atoms with Crippen molar-refractivity contribution in [2.24, 2.45) is 0 Å². The van der Waals surface area contributed by atoms with Gasteiger partial charge in [0, 0.05) is 12.2 Å². The highest BCUT2D eigenvalue weighted by atomic mass is 19.4. The van der Waals surface area contributed by atoms with Crippen LogP contribution < -0.4 is 5.32 Å². The van der Waals surface area contributed by atoms with E-state index in [1.807, 2.05) is 0 Å². The molecular formula is C16H24F3N. The van der Waals surface area contributed by atoms with Gasteiger partial charge in [-0.15, -0.1) is 0 Å². The van der Waals surface area contributed by atoms with Crippen LogP contribution in [0.25, 0.3) is 0 Å². The van der Waals surface area contributed by atoms with Crippen LogP contribution in [-0.2, 0) is 6.18 Å². The first-order chi connectivity index (χ1) is 9.45. The molecular weight excluding hydrogens is 263 g/mol. The molecule has 0 heterocycles. The number of nitrogens with one attached hydrogen (secondary N) is 1. The lowest BCUT2D eigenvalue weighted by Crippen LogP contribution is -2.09. The molecule has 1 nitrogen and oxygen atoms in total. The van der Waals surface area contributed by atoms with E-state index in [1.54, 1.807) is 6.07 Å². The summed E-state index contributed by atoms with van der Waals surface area (Å²) < 4.78 is 38.3. The standard InChI is InChI=1S/C16H24F3N/c1-3-4-5-6-7-8-11-20-14-10-9-13(2)15(12-14)16(17,18)19/h9-10,12,20H,3-8,11H2,1-2H3. The van der Waals surface area contributed by atoms with E-state index >= 15 is 0 Å². The third-order valence-corrected chi connectivity index (χ3v) is 3.40. The van der Waals surface area contributed by atoms with Crippen molar-refractivity contribution in [1.82, 2.24) is 0 Å². The summed E-state index contributed by atoms with van der Waals surface area (Å²) in [6, 6.07) is 4.43. The molecule has 1 aromatic carbocycles. The second-order valence-electron chi connectivity index (χ2n) is 5.22. The zero-order valence-corrected chi connectivity index (χ0v) is 12.3. The van der Waals surface area contributed by atoms with Crippen molar-refractivity contribution < 1.29 is 13.2 Å². The Kier molecular flexibility index (Phi) is 6.89. The van der Waals surface area contributed by atoms with Gasteiger partial charge in [-0.1, -0.05) is 45.1 Å². The Bertz CT molecular complexity index is 399.